The number of hydrogen-bond donors (Lipinski definition) is 1. The van der Waals surface area contributed by atoms with E-state index >= 15 is 0 Å². The minimum absolute atomic E-state index is 0.278. The molecule has 3 nitrogen and oxygen atoms in total. The van der Waals surface area contributed by atoms with Crippen LogP contribution in [0.2, 0.25) is 0 Å². The predicted molar refractivity (Wildman–Crippen MR) is 95.3 cm³/mol. The van der Waals surface area contributed by atoms with Gasteiger partial charge < -0.3 is 9.67 Å². The lowest BCUT2D eigenvalue weighted by Crippen LogP contribution is -2.23. The molecule has 1 aliphatic rings. The minimum Gasteiger partial charge on any atom is -0.481 e. The highest BCUT2D eigenvalue weighted by Gasteiger charge is 2.29. The summed E-state index contributed by atoms with van der Waals surface area (Å²) in [5.74, 6) is -1.42. The average Bonchev–Trinajstić information content (AvgIpc) is 2.89. The Balaban J connectivity index is 1.84. The van der Waals surface area contributed by atoms with Crippen molar-refractivity contribution in [2.24, 2.45) is 5.92 Å². The molecule has 1 atom stereocenters. The van der Waals surface area contributed by atoms with E-state index in [2.05, 4.69) is 35.8 Å². The van der Waals surface area contributed by atoms with Gasteiger partial charge in [0.1, 0.15) is 5.82 Å². The zero-order valence-electron chi connectivity index (χ0n) is 14.1. The molecule has 1 N–H and O–H groups in total. The summed E-state index contributed by atoms with van der Waals surface area (Å²) in [6, 6.07) is 13.2. The van der Waals surface area contributed by atoms with Crippen molar-refractivity contribution in [1.82, 2.24) is 4.57 Å². The normalized spacial score (nSPS) is 16.8. The Morgan fingerprint density at radius 1 is 1.24 bits per heavy atom. The van der Waals surface area contributed by atoms with Crippen molar-refractivity contribution >= 4 is 16.9 Å². The van der Waals surface area contributed by atoms with E-state index in [0.29, 0.717) is 19.3 Å². The smallest absolute Gasteiger partial charge is 0.306 e. The quantitative estimate of drug-likeness (QED) is 0.773. The Hall–Kier alpha value is -2.62. The molecule has 1 heterocycles. The molecule has 25 heavy (non-hydrogen) atoms. The van der Waals surface area contributed by atoms with Gasteiger partial charge in [0.25, 0.3) is 0 Å². The zero-order valence-corrected chi connectivity index (χ0v) is 14.1. The van der Waals surface area contributed by atoms with Crippen LogP contribution in [0.15, 0.2) is 42.5 Å². The van der Waals surface area contributed by atoms with E-state index in [1.54, 1.807) is 6.07 Å². The first kappa shape index (κ1) is 15.9. The van der Waals surface area contributed by atoms with Gasteiger partial charge in [-0.15, -0.1) is 0 Å². The van der Waals surface area contributed by atoms with Crippen molar-refractivity contribution in [3.05, 3.63) is 70.7 Å². The lowest BCUT2D eigenvalue weighted by molar-refractivity contribution is -0.142. The third-order valence-electron chi connectivity index (χ3n) is 5.24. The van der Waals surface area contributed by atoms with E-state index < -0.39 is 5.97 Å². The number of carbonyl (C=O) groups is 1. The summed E-state index contributed by atoms with van der Waals surface area (Å²) >= 11 is 0. The molecule has 0 saturated heterocycles. The summed E-state index contributed by atoms with van der Waals surface area (Å²) in [4.78, 5) is 11.4. The third-order valence-corrected chi connectivity index (χ3v) is 5.24. The number of aromatic nitrogens is 1. The first-order valence-corrected chi connectivity index (χ1v) is 8.61. The van der Waals surface area contributed by atoms with E-state index in [4.69, 9.17) is 0 Å². The molecule has 2 aromatic carbocycles. The number of nitrogens with zero attached hydrogens (tertiary/aromatic N) is 1. The van der Waals surface area contributed by atoms with Gasteiger partial charge in [0, 0.05) is 23.1 Å². The van der Waals surface area contributed by atoms with Crippen LogP contribution in [0, 0.1) is 18.7 Å². The molecule has 0 spiro atoms. The Morgan fingerprint density at radius 3 is 2.72 bits per heavy atom. The molecule has 0 bridgehead atoms. The topological polar surface area (TPSA) is 42.2 Å². The fourth-order valence-electron chi connectivity index (χ4n) is 3.89. The molecule has 1 unspecified atom stereocenters. The summed E-state index contributed by atoms with van der Waals surface area (Å²) in [6.45, 7) is 2.78. The fraction of sp³-hybridized carbons (Fsp3) is 0.286. The van der Waals surface area contributed by atoms with Crippen molar-refractivity contribution in [3.63, 3.8) is 0 Å². The number of aryl methyl sites for hydroxylation is 1. The lowest BCUT2D eigenvalue weighted by atomic mass is 9.86. The highest BCUT2D eigenvalue weighted by Crippen LogP contribution is 2.35. The third kappa shape index (κ3) is 2.82. The van der Waals surface area contributed by atoms with E-state index in [-0.39, 0.29) is 11.7 Å². The first-order valence-electron chi connectivity index (χ1n) is 8.61. The molecule has 0 aliphatic heterocycles. The maximum Gasteiger partial charge on any atom is 0.306 e. The number of rotatable bonds is 3. The molecule has 0 amide bonds. The van der Waals surface area contributed by atoms with Gasteiger partial charge in [-0.25, -0.2) is 4.39 Å². The van der Waals surface area contributed by atoms with Gasteiger partial charge in [-0.2, -0.15) is 0 Å². The van der Waals surface area contributed by atoms with Gasteiger partial charge >= 0.3 is 5.97 Å². The van der Waals surface area contributed by atoms with Crippen LogP contribution in [0.3, 0.4) is 0 Å². The second kappa shape index (κ2) is 6.03. The summed E-state index contributed by atoms with van der Waals surface area (Å²) in [5, 5.41) is 10.2. The molecular formula is C21H20FNO2. The maximum absolute atomic E-state index is 13.8. The molecule has 128 valence electrons. The van der Waals surface area contributed by atoms with E-state index in [1.807, 2.05) is 6.07 Å². The van der Waals surface area contributed by atoms with Crippen LogP contribution in [0.1, 0.15) is 28.8 Å². The van der Waals surface area contributed by atoms with Crippen molar-refractivity contribution in [1.29, 1.82) is 0 Å². The number of benzene rings is 2. The van der Waals surface area contributed by atoms with Crippen LogP contribution in [-0.2, 0) is 24.2 Å². The SMILES string of the molecule is Cc1ccc(Cn2c3c(c4cc(F)ccc42)CC(C(=O)O)CC3)cc1. The molecule has 0 fully saturated rings. The van der Waals surface area contributed by atoms with Gasteiger partial charge in [-0.3, -0.25) is 4.79 Å². The monoisotopic (exact) mass is 337 g/mol. The van der Waals surface area contributed by atoms with Gasteiger partial charge in [0.15, 0.2) is 0 Å². The largest absolute Gasteiger partial charge is 0.481 e. The molecular weight excluding hydrogens is 317 g/mol. The number of halogens is 1. The Bertz CT molecular complexity index is 956. The Labute approximate surface area is 145 Å². The van der Waals surface area contributed by atoms with Crippen molar-refractivity contribution in [2.45, 2.75) is 32.7 Å². The van der Waals surface area contributed by atoms with Gasteiger partial charge in [-0.05, 0) is 55.5 Å². The van der Waals surface area contributed by atoms with Crippen LogP contribution in [0.4, 0.5) is 4.39 Å². The highest BCUT2D eigenvalue weighted by molar-refractivity contribution is 5.87. The van der Waals surface area contributed by atoms with Crippen LogP contribution in [-0.4, -0.2) is 15.6 Å². The number of carboxylic acid groups (broad SMARTS) is 1. The van der Waals surface area contributed by atoms with Gasteiger partial charge in [0.2, 0.25) is 0 Å². The van der Waals surface area contributed by atoms with E-state index in [9.17, 15) is 14.3 Å². The number of fused-ring (bicyclic) bond motifs is 3. The summed E-state index contributed by atoms with van der Waals surface area (Å²) in [7, 11) is 0. The van der Waals surface area contributed by atoms with Crippen LogP contribution < -0.4 is 0 Å². The first-order chi connectivity index (χ1) is 12.0. The van der Waals surface area contributed by atoms with Crippen LogP contribution in [0.5, 0.6) is 0 Å². The van der Waals surface area contributed by atoms with Crippen molar-refractivity contribution in [3.8, 4) is 0 Å². The summed E-state index contributed by atoms with van der Waals surface area (Å²) in [6.07, 6.45) is 1.83. The average molecular weight is 337 g/mol. The number of aliphatic carboxylic acids is 1. The van der Waals surface area contributed by atoms with E-state index in [1.165, 1.54) is 17.2 Å². The van der Waals surface area contributed by atoms with Crippen molar-refractivity contribution in [2.75, 3.05) is 0 Å². The van der Waals surface area contributed by atoms with Gasteiger partial charge in [-0.1, -0.05) is 29.8 Å². The number of carboxylic acids is 1. The Kier molecular flexibility index (Phi) is 3.83. The summed E-state index contributed by atoms with van der Waals surface area (Å²) in [5.41, 5.74) is 5.54. The minimum atomic E-state index is -0.763. The molecule has 0 saturated carbocycles. The second-order valence-corrected chi connectivity index (χ2v) is 6.94. The van der Waals surface area contributed by atoms with Crippen LogP contribution in [0.25, 0.3) is 10.9 Å². The standard InChI is InChI=1S/C21H20FNO2/c1-13-2-4-14(5-3-13)12-23-19-8-6-15(21(24)25)10-17(19)18-11-16(22)7-9-20(18)23/h2-5,7,9,11,15H,6,8,10,12H2,1H3,(H,24,25). The highest BCUT2D eigenvalue weighted by atomic mass is 19.1. The molecule has 4 rings (SSSR count). The predicted octanol–water partition coefficient (Wildman–Crippen LogP) is 4.33. The van der Waals surface area contributed by atoms with Crippen molar-refractivity contribution < 1.29 is 14.3 Å². The lowest BCUT2D eigenvalue weighted by Gasteiger charge is -2.21. The van der Waals surface area contributed by atoms with E-state index in [0.717, 1.165) is 28.7 Å². The zero-order chi connectivity index (χ0) is 17.6. The molecule has 1 aliphatic carbocycles. The fourth-order valence-corrected chi connectivity index (χ4v) is 3.89. The maximum atomic E-state index is 13.8. The molecule has 0 radical (unpaired) electrons. The number of hydrogen-bond acceptors (Lipinski definition) is 1. The summed E-state index contributed by atoms with van der Waals surface area (Å²) < 4.78 is 16.0. The Morgan fingerprint density at radius 2 is 2.00 bits per heavy atom. The van der Waals surface area contributed by atoms with Crippen LogP contribution >= 0.6 is 0 Å². The molecule has 3 aromatic rings. The molecule has 1 aromatic heterocycles. The molecule has 4 heteroatoms. The van der Waals surface area contributed by atoms with Gasteiger partial charge in [0.05, 0.1) is 5.92 Å². The second-order valence-electron chi connectivity index (χ2n) is 6.94.